The van der Waals surface area contributed by atoms with Crippen LogP contribution in [-0.4, -0.2) is 24.8 Å². The zero-order valence-electron chi connectivity index (χ0n) is 15.0. The lowest BCUT2D eigenvalue weighted by Gasteiger charge is -2.13. The molecule has 0 saturated carbocycles. The van der Waals surface area contributed by atoms with Crippen LogP contribution in [0.15, 0.2) is 24.3 Å². The number of carbonyl (C=O) groups is 2. The third-order valence-electron chi connectivity index (χ3n) is 4.03. The lowest BCUT2D eigenvalue weighted by molar-refractivity contribution is -0.123. The summed E-state index contributed by atoms with van der Waals surface area (Å²) in [6.45, 7) is 5.80. The minimum absolute atomic E-state index is 0.168. The number of nitrogens with one attached hydrogen (secondary N) is 1. The molecule has 1 aliphatic heterocycles. The molecule has 0 spiro atoms. The van der Waals surface area contributed by atoms with Crippen LogP contribution in [0.1, 0.15) is 40.4 Å². The molecule has 1 aliphatic rings. The van der Waals surface area contributed by atoms with E-state index in [9.17, 15) is 9.59 Å². The Hall–Kier alpha value is -2.54. The first-order chi connectivity index (χ1) is 12.5. The van der Waals surface area contributed by atoms with Gasteiger partial charge in [-0.2, -0.15) is 0 Å². The fraction of sp³-hybridized carbons (Fsp3) is 0.368. The normalized spacial score (nSPS) is 13.3. The van der Waals surface area contributed by atoms with E-state index in [1.807, 2.05) is 13.0 Å². The van der Waals surface area contributed by atoms with Crippen molar-refractivity contribution in [1.82, 2.24) is 0 Å². The number of esters is 1. The quantitative estimate of drug-likeness (QED) is 0.775. The van der Waals surface area contributed by atoms with E-state index in [4.69, 9.17) is 14.2 Å². The van der Waals surface area contributed by atoms with Crippen LogP contribution in [0.2, 0.25) is 0 Å². The van der Waals surface area contributed by atoms with Gasteiger partial charge in [-0.1, -0.05) is 13.3 Å². The van der Waals surface area contributed by atoms with Crippen molar-refractivity contribution >= 4 is 28.9 Å². The molecule has 6 nitrogen and oxygen atoms in total. The maximum atomic E-state index is 12.3. The summed E-state index contributed by atoms with van der Waals surface area (Å²) in [5, 5.41) is 2.72. The lowest BCUT2D eigenvalue weighted by Crippen LogP contribution is -2.29. The lowest BCUT2D eigenvalue weighted by atomic mass is 10.1. The Balaban J connectivity index is 1.60. The van der Waals surface area contributed by atoms with Crippen molar-refractivity contribution in [3.05, 3.63) is 39.6 Å². The van der Waals surface area contributed by atoms with Gasteiger partial charge in [-0.15, -0.1) is 11.3 Å². The molecule has 0 fully saturated rings. The van der Waals surface area contributed by atoms with Gasteiger partial charge < -0.3 is 19.5 Å². The molecule has 138 valence electrons. The van der Waals surface area contributed by atoms with Crippen LogP contribution in [-0.2, 0) is 16.0 Å². The van der Waals surface area contributed by atoms with Crippen molar-refractivity contribution in [2.75, 3.05) is 12.1 Å². The number of hydrogen-bond acceptors (Lipinski definition) is 6. The molecule has 0 bridgehead atoms. The van der Waals surface area contributed by atoms with E-state index in [0.717, 1.165) is 23.3 Å². The van der Waals surface area contributed by atoms with Crippen molar-refractivity contribution in [2.24, 2.45) is 0 Å². The van der Waals surface area contributed by atoms with Crippen LogP contribution in [0.25, 0.3) is 0 Å². The van der Waals surface area contributed by atoms with Crippen LogP contribution in [0, 0.1) is 6.92 Å². The highest BCUT2D eigenvalue weighted by Crippen LogP contribution is 2.34. The number of fused-ring (bicyclic) bond motifs is 1. The summed E-state index contributed by atoms with van der Waals surface area (Å²) in [6, 6.07) is 6.96. The molecule has 0 saturated heterocycles. The Labute approximate surface area is 156 Å². The smallest absolute Gasteiger partial charge is 0.349 e. The van der Waals surface area contributed by atoms with E-state index in [1.165, 1.54) is 11.3 Å². The molecule has 1 aromatic carbocycles. The first kappa shape index (κ1) is 18.3. The minimum atomic E-state index is -0.912. The van der Waals surface area contributed by atoms with Crippen LogP contribution < -0.4 is 14.8 Å². The maximum absolute atomic E-state index is 12.3. The number of aryl methyl sites for hydroxylation is 2. The van der Waals surface area contributed by atoms with E-state index in [1.54, 1.807) is 25.1 Å². The molecule has 26 heavy (non-hydrogen) atoms. The number of hydrogen-bond donors (Lipinski definition) is 1. The summed E-state index contributed by atoms with van der Waals surface area (Å²) in [4.78, 5) is 26.2. The Bertz CT molecular complexity index is 829. The van der Waals surface area contributed by atoms with Crippen molar-refractivity contribution in [3.8, 4) is 11.5 Å². The van der Waals surface area contributed by atoms with Gasteiger partial charge in [0.1, 0.15) is 4.88 Å². The molecule has 0 aliphatic carbocycles. The van der Waals surface area contributed by atoms with Crippen LogP contribution in [0.4, 0.5) is 5.69 Å². The van der Waals surface area contributed by atoms with Crippen molar-refractivity contribution in [3.63, 3.8) is 0 Å². The second kappa shape index (κ2) is 7.78. The third-order valence-corrected chi connectivity index (χ3v) is 5.11. The Morgan fingerprint density at radius 1 is 1.27 bits per heavy atom. The zero-order valence-corrected chi connectivity index (χ0v) is 15.8. The van der Waals surface area contributed by atoms with Crippen molar-refractivity contribution in [2.45, 2.75) is 39.7 Å². The highest BCUT2D eigenvalue weighted by atomic mass is 32.1. The zero-order chi connectivity index (χ0) is 18.7. The average Bonchev–Trinajstić information content (AvgIpc) is 3.21. The number of benzene rings is 1. The second-order valence-corrected chi connectivity index (χ2v) is 7.30. The molecule has 1 atom stereocenters. The molecule has 2 aromatic rings. The number of rotatable bonds is 6. The number of amides is 1. The van der Waals surface area contributed by atoms with E-state index < -0.39 is 18.0 Å². The molecule has 1 N–H and O–H groups in total. The Kier molecular flexibility index (Phi) is 5.46. The van der Waals surface area contributed by atoms with Gasteiger partial charge in [0.05, 0.1) is 0 Å². The molecule has 0 unspecified atom stereocenters. The van der Waals surface area contributed by atoms with E-state index in [-0.39, 0.29) is 6.79 Å². The molecule has 1 aromatic heterocycles. The van der Waals surface area contributed by atoms with Gasteiger partial charge in [0, 0.05) is 16.6 Å². The highest BCUT2D eigenvalue weighted by Gasteiger charge is 2.22. The first-order valence-electron chi connectivity index (χ1n) is 8.48. The Morgan fingerprint density at radius 3 is 2.81 bits per heavy atom. The number of ether oxygens (including phenoxy) is 3. The molecule has 7 heteroatoms. The second-order valence-electron chi connectivity index (χ2n) is 6.05. The summed E-state index contributed by atoms with van der Waals surface area (Å²) < 4.78 is 15.8. The molecule has 3 rings (SSSR count). The molecule has 0 radical (unpaired) electrons. The van der Waals surface area contributed by atoms with E-state index in [2.05, 4.69) is 12.2 Å². The SMILES string of the molecule is CCCc1cc(C(=O)O[C@@H](C)C(=O)Nc2ccc3c(c2)OCO3)sc1C. The maximum Gasteiger partial charge on any atom is 0.349 e. The van der Waals surface area contributed by atoms with E-state index in [0.29, 0.717) is 22.1 Å². The largest absolute Gasteiger partial charge is 0.454 e. The predicted molar refractivity (Wildman–Crippen MR) is 99.1 cm³/mol. The van der Waals surface area contributed by atoms with Gasteiger partial charge in [0.2, 0.25) is 6.79 Å². The minimum Gasteiger partial charge on any atom is -0.454 e. The van der Waals surface area contributed by atoms with Crippen LogP contribution in [0.5, 0.6) is 11.5 Å². The fourth-order valence-corrected chi connectivity index (χ4v) is 3.58. The van der Waals surface area contributed by atoms with Gasteiger partial charge in [0.15, 0.2) is 17.6 Å². The first-order valence-corrected chi connectivity index (χ1v) is 9.30. The summed E-state index contributed by atoms with van der Waals surface area (Å²) in [6.07, 6.45) is 1.03. The standard InChI is InChI=1S/C19H21NO5S/c1-4-5-13-8-17(26-12(13)3)19(22)25-11(2)18(21)20-14-6-7-15-16(9-14)24-10-23-15/h6-9,11H,4-5,10H2,1-3H3,(H,20,21)/t11-/m0/s1. The molecule has 2 heterocycles. The predicted octanol–water partition coefficient (Wildman–Crippen LogP) is 3.92. The van der Waals surface area contributed by atoms with Crippen molar-refractivity contribution in [1.29, 1.82) is 0 Å². The third kappa shape index (κ3) is 3.99. The molecular weight excluding hydrogens is 354 g/mol. The van der Waals surface area contributed by atoms with Crippen LogP contribution in [0.3, 0.4) is 0 Å². The van der Waals surface area contributed by atoms with Gasteiger partial charge in [0.25, 0.3) is 5.91 Å². The van der Waals surface area contributed by atoms with Gasteiger partial charge >= 0.3 is 5.97 Å². The highest BCUT2D eigenvalue weighted by molar-refractivity contribution is 7.14. The van der Waals surface area contributed by atoms with E-state index >= 15 is 0 Å². The fourth-order valence-electron chi connectivity index (χ4n) is 2.63. The van der Waals surface area contributed by atoms with Crippen molar-refractivity contribution < 1.29 is 23.8 Å². The van der Waals surface area contributed by atoms with Gasteiger partial charge in [-0.05, 0) is 44.0 Å². The Morgan fingerprint density at radius 2 is 2.04 bits per heavy atom. The summed E-state index contributed by atoms with van der Waals surface area (Å²) in [5.74, 6) is 0.330. The number of thiophene rings is 1. The molecule has 1 amide bonds. The van der Waals surface area contributed by atoms with Crippen LogP contribution >= 0.6 is 11.3 Å². The molecular formula is C19H21NO5S. The number of carbonyl (C=O) groups excluding carboxylic acids is 2. The summed E-state index contributed by atoms with van der Waals surface area (Å²) in [7, 11) is 0. The van der Waals surface area contributed by atoms with Gasteiger partial charge in [-0.25, -0.2) is 4.79 Å². The monoisotopic (exact) mass is 375 g/mol. The summed E-state index contributed by atoms with van der Waals surface area (Å²) in [5.41, 5.74) is 1.71. The average molecular weight is 375 g/mol. The number of anilines is 1. The topological polar surface area (TPSA) is 73.9 Å². The summed E-state index contributed by atoms with van der Waals surface area (Å²) >= 11 is 1.40. The van der Waals surface area contributed by atoms with Gasteiger partial charge in [-0.3, -0.25) is 4.79 Å².